The summed E-state index contributed by atoms with van der Waals surface area (Å²) in [4.78, 5) is 22.8. The fourth-order valence-electron chi connectivity index (χ4n) is 1.55. The van der Waals surface area contributed by atoms with Gasteiger partial charge in [-0.25, -0.2) is 9.59 Å². The average molecular weight is 283 g/mol. The highest BCUT2D eigenvalue weighted by Gasteiger charge is 2.33. The van der Waals surface area contributed by atoms with Crippen LogP contribution in [0.3, 0.4) is 0 Å². The van der Waals surface area contributed by atoms with E-state index in [2.05, 4.69) is 11.2 Å². The van der Waals surface area contributed by atoms with Crippen LogP contribution >= 0.6 is 0 Å². The highest BCUT2D eigenvalue weighted by molar-refractivity contribution is 5.80. The van der Waals surface area contributed by atoms with Crippen molar-refractivity contribution < 1.29 is 19.4 Å². The molecule has 0 aliphatic carbocycles. The summed E-state index contributed by atoms with van der Waals surface area (Å²) in [5.74, 6) is 1.46. The van der Waals surface area contributed by atoms with E-state index < -0.39 is 23.5 Å². The lowest BCUT2D eigenvalue weighted by Gasteiger charge is -2.28. The highest BCUT2D eigenvalue weighted by Crippen LogP contribution is 2.23. The van der Waals surface area contributed by atoms with E-state index >= 15 is 0 Å². The predicted molar refractivity (Wildman–Crippen MR) is 77.2 cm³/mol. The summed E-state index contributed by atoms with van der Waals surface area (Å²) in [5, 5.41) is 11.5. The molecule has 0 fully saturated rings. The number of aliphatic carboxylic acids is 1. The van der Waals surface area contributed by atoms with Crippen LogP contribution in [-0.4, -0.2) is 29.8 Å². The Morgan fingerprint density at radius 2 is 1.85 bits per heavy atom. The van der Waals surface area contributed by atoms with E-state index in [0.717, 1.165) is 6.42 Å². The number of hydrogen-bond acceptors (Lipinski definition) is 3. The van der Waals surface area contributed by atoms with Crippen molar-refractivity contribution in [1.82, 2.24) is 5.32 Å². The van der Waals surface area contributed by atoms with E-state index in [1.807, 2.05) is 13.8 Å². The van der Waals surface area contributed by atoms with Crippen LogP contribution in [-0.2, 0) is 9.53 Å². The van der Waals surface area contributed by atoms with Crippen LogP contribution in [0, 0.1) is 23.2 Å². The van der Waals surface area contributed by atoms with Gasteiger partial charge in [-0.05, 0) is 17.3 Å². The zero-order valence-electron chi connectivity index (χ0n) is 12.9. The number of ether oxygens (including phenoxy) is 1. The van der Waals surface area contributed by atoms with E-state index in [4.69, 9.17) is 16.3 Å². The Hall–Kier alpha value is -1.70. The van der Waals surface area contributed by atoms with Gasteiger partial charge in [0, 0.05) is 6.42 Å². The summed E-state index contributed by atoms with van der Waals surface area (Å²) in [5.41, 5.74) is -0.825. The van der Waals surface area contributed by atoms with E-state index in [0.29, 0.717) is 6.42 Å². The monoisotopic (exact) mass is 283 g/mol. The molecule has 0 aromatic heterocycles. The van der Waals surface area contributed by atoms with Crippen molar-refractivity contribution in [1.29, 1.82) is 0 Å². The first-order valence-corrected chi connectivity index (χ1v) is 6.59. The van der Waals surface area contributed by atoms with E-state index in [9.17, 15) is 9.59 Å². The van der Waals surface area contributed by atoms with Gasteiger partial charge in [0.2, 0.25) is 0 Å². The van der Waals surface area contributed by atoms with Gasteiger partial charge in [0.05, 0.1) is 6.61 Å². The van der Waals surface area contributed by atoms with E-state index in [1.54, 1.807) is 20.8 Å². The van der Waals surface area contributed by atoms with Crippen LogP contribution in [0.4, 0.5) is 4.79 Å². The number of terminal acetylenes is 1. The second kappa shape index (κ2) is 7.18. The maximum atomic E-state index is 11.7. The number of amides is 1. The molecule has 0 unspecified atom stereocenters. The molecule has 0 aliphatic heterocycles. The van der Waals surface area contributed by atoms with Crippen molar-refractivity contribution in [3.63, 3.8) is 0 Å². The normalized spacial score (nSPS) is 13.2. The van der Waals surface area contributed by atoms with Gasteiger partial charge in [0.25, 0.3) is 0 Å². The second-order valence-corrected chi connectivity index (χ2v) is 6.73. The first kappa shape index (κ1) is 18.3. The van der Waals surface area contributed by atoms with Crippen LogP contribution in [0.25, 0.3) is 0 Å². The van der Waals surface area contributed by atoms with Crippen molar-refractivity contribution in [2.75, 3.05) is 6.61 Å². The van der Waals surface area contributed by atoms with Gasteiger partial charge in [-0.2, -0.15) is 0 Å². The molecular formula is C15H25NO4. The van der Waals surface area contributed by atoms with Gasteiger partial charge in [-0.3, -0.25) is 0 Å². The van der Waals surface area contributed by atoms with Gasteiger partial charge in [0.1, 0.15) is 6.04 Å². The molecule has 2 N–H and O–H groups in total. The molecular weight excluding hydrogens is 258 g/mol. The number of rotatable bonds is 6. The Labute approximate surface area is 121 Å². The molecule has 0 saturated carbocycles. The lowest BCUT2D eigenvalue weighted by Crippen LogP contribution is -2.49. The molecule has 0 spiro atoms. The topological polar surface area (TPSA) is 75.6 Å². The van der Waals surface area contributed by atoms with Gasteiger partial charge in [-0.1, -0.05) is 34.6 Å². The molecule has 0 heterocycles. The zero-order chi connectivity index (χ0) is 16.0. The van der Waals surface area contributed by atoms with Crippen molar-refractivity contribution in [3.05, 3.63) is 0 Å². The fourth-order valence-corrected chi connectivity index (χ4v) is 1.55. The summed E-state index contributed by atoms with van der Waals surface area (Å²) in [7, 11) is 0. The lowest BCUT2D eigenvalue weighted by molar-refractivity contribution is -0.142. The Morgan fingerprint density at radius 1 is 1.30 bits per heavy atom. The third-order valence-electron chi connectivity index (χ3n) is 2.92. The molecule has 0 aromatic rings. The van der Waals surface area contributed by atoms with Crippen molar-refractivity contribution in [2.24, 2.45) is 10.8 Å². The molecule has 114 valence electrons. The van der Waals surface area contributed by atoms with Crippen molar-refractivity contribution in [2.45, 2.75) is 53.5 Å². The van der Waals surface area contributed by atoms with Crippen molar-refractivity contribution in [3.8, 4) is 12.3 Å². The summed E-state index contributed by atoms with van der Waals surface area (Å²) >= 11 is 0. The first-order chi connectivity index (χ1) is 8.99. The SMILES string of the molecule is C#CCCC(C)(C)COC(=O)N[C@H](C(=O)O)C(C)(C)C. The second-order valence-electron chi connectivity index (χ2n) is 6.73. The number of carbonyl (C=O) groups is 2. The number of carbonyl (C=O) groups excluding carboxylic acids is 1. The van der Waals surface area contributed by atoms with Crippen LogP contribution in [0.2, 0.25) is 0 Å². The quantitative estimate of drug-likeness (QED) is 0.735. The van der Waals surface area contributed by atoms with Crippen molar-refractivity contribution >= 4 is 12.1 Å². The maximum Gasteiger partial charge on any atom is 0.407 e. The van der Waals surface area contributed by atoms with Gasteiger partial charge in [0.15, 0.2) is 0 Å². The molecule has 0 aromatic carbocycles. The average Bonchev–Trinajstić information content (AvgIpc) is 2.29. The third kappa shape index (κ3) is 7.03. The van der Waals surface area contributed by atoms with Gasteiger partial charge in [-0.15, -0.1) is 12.3 Å². The Morgan fingerprint density at radius 3 is 2.25 bits per heavy atom. The number of alkyl carbamates (subject to hydrolysis) is 1. The minimum Gasteiger partial charge on any atom is -0.480 e. The van der Waals surface area contributed by atoms with E-state index in [1.165, 1.54) is 0 Å². The summed E-state index contributed by atoms with van der Waals surface area (Å²) in [6, 6.07) is -0.996. The number of carboxylic acids is 1. The minimum absolute atomic E-state index is 0.191. The minimum atomic E-state index is -1.08. The zero-order valence-corrected chi connectivity index (χ0v) is 12.9. The number of carboxylic acid groups (broad SMARTS) is 1. The number of nitrogens with one attached hydrogen (secondary N) is 1. The molecule has 5 nitrogen and oxygen atoms in total. The lowest BCUT2D eigenvalue weighted by atomic mass is 9.87. The Balaban J connectivity index is 4.42. The summed E-state index contributed by atoms with van der Waals surface area (Å²) in [6.45, 7) is 9.29. The molecule has 1 atom stereocenters. The Bertz CT molecular complexity index is 388. The molecule has 0 aliphatic rings. The molecule has 0 saturated heterocycles. The van der Waals surface area contributed by atoms with Gasteiger partial charge < -0.3 is 15.2 Å². The third-order valence-corrected chi connectivity index (χ3v) is 2.92. The Kier molecular flexibility index (Phi) is 6.57. The summed E-state index contributed by atoms with van der Waals surface area (Å²) in [6.07, 6.45) is 5.83. The molecule has 0 rings (SSSR count). The van der Waals surface area contributed by atoms with Crippen LogP contribution in [0.1, 0.15) is 47.5 Å². The molecule has 20 heavy (non-hydrogen) atoms. The van der Waals surface area contributed by atoms with Crippen LogP contribution in [0.5, 0.6) is 0 Å². The molecule has 5 heteroatoms. The fraction of sp³-hybridized carbons (Fsp3) is 0.733. The number of hydrogen-bond donors (Lipinski definition) is 2. The molecule has 0 bridgehead atoms. The highest BCUT2D eigenvalue weighted by atomic mass is 16.5. The molecule has 1 amide bonds. The van der Waals surface area contributed by atoms with Gasteiger partial charge >= 0.3 is 12.1 Å². The molecule has 0 radical (unpaired) electrons. The summed E-state index contributed by atoms with van der Waals surface area (Å²) < 4.78 is 5.10. The van der Waals surface area contributed by atoms with Crippen LogP contribution in [0.15, 0.2) is 0 Å². The van der Waals surface area contributed by atoms with Crippen LogP contribution < -0.4 is 5.32 Å². The maximum absolute atomic E-state index is 11.7. The first-order valence-electron chi connectivity index (χ1n) is 6.59. The largest absolute Gasteiger partial charge is 0.480 e. The standard InChI is InChI=1S/C15H25NO4/c1-7-8-9-15(5,6)10-20-13(19)16-11(12(17)18)14(2,3)4/h1,11H,8-10H2,2-6H3,(H,16,19)(H,17,18)/t11-/m1/s1. The van der Waals surface area contributed by atoms with E-state index in [-0.39, 0.29) is 12.0 Å². The predicted octanol–water partition coefficient (Wildman–Crippen LogP) is 2.65. The smallest absolute Gasteiger partial charge is 0.407 e.